The van der Waals surface area contributed by atoms with E-state index in [0.29, 0.717) is 11.8 Å². The SMILES string of the molecule is CC1=CC[C@H]2C[C@H]1[C@@H](c1ccc(N(C)C)cc1)OC2(C)C. The van der Waals surface area contributed by atoms with Gasteiger partial charge < -0.3 is 9.64 Å². The zero-order valence-electron chi connectivity index (χ0n) is 13.9. The van der Waals surface area contributed by atoms with Gasteiger partial charge in [-0.3, -0.25) is 0 Å². The molecule has 0 radical (unpaired) electrons. The predicted molar refractivity (Wildman–Crippen MR) is 88.6 cm³/mol. The Kier molecular flexibility index (Phi) is 3.61. The molecule has 1 aromatic carbocycles. The monoisotopic (exact) mass is 285 g/mol. The van der Waals surface area contributed by atoms with Crippen LogP contribution < -0.4 is 4.90 Å². The lowest BCUT2D eigenvalue weighted by Crippen LogP contribution is -2.45. The van der Waals surface area contributed by atoms with Gasteiger partial charge in [0.2, 0.25) is 0 Å². The Balaban J connectivity index is 1.92. The minimum Gasteiger partial charge on any atom is -0.378 e. The largest absolute Gasteiger partial charge is 0.378 e. The summed E-state index contributed by atoms with van der Waals surface area (Å²) in [5.74, 6) is 1.20. The van der Waals surface area contributed by atoms with E-state index in [2.05, 4.69) is 70.1 Å². The molecular weight excluding hydrogens is 258 g/mol. The number of rotatable bonds is 2. The summed E-state index contributed by atoms with van der Waals surface area (Å²) in [4.78, 5) is 2.14. The lowest BCUT2D eigenvalue weighted by Gasteiger charge is -2.49. The molecule has 2 nitrogen and oxygen atoms in total. The van der Waals surface area contributed by atoms with Crippen molar-refractivity contribution in [3.63, 3.8) is 0 Å². The third-order valence-electron chi connectivity index (χ3n) is 5.37. The molecule has 1 fully saturated rings. The van der Waals surface area contributed by atoms with Gasteiger partial charge in [-0.2, -0.15) is 0 Å². The van der Waals surface area contributed by atoms with Crippen LogP contribution in [0.25, 0.3) is 0 Å². The van der Waals surface area contributed by atoms with Crippen LogP contribution in [0.1, 0.15) is 45.3 Å². The van der Waals surface area contributed by atoms with Crippen molar-refractivity contribution in [3.05, 3.63) is 41.5 Å². The molecule has 1 saturated heterocycles. The lowest BCUT2D eigenvalue weighted by atomic mass is 9.69. The molecule has 21 heavy (non-hydrogen) atoms. The van der Waals surface area contributed by atoms with Gasteiger partial charge in [-0.1, -0.05) is 23.8 Å². The Morgan fingerprint density at radius 3 is 2.43 bits per heavy atom. The van der Waals surface area contributed by atoms with Crippen molar-refractivity contribution in [2.24, 2.45) is 11.8 Å². The average molecular weight is 285 g/mol. The van der Waals surface area contributed by atoms with Crippen molar-refractivity contribution in [2.75, 3.05) is 19.0 Å². The van der Waals surface area contributed by atoms with Crippen LogP contribution >= 0.6 is 0 Å². The molecule has 3 atom stereocenters. The van der Waals surface area contributed by atoms with E-state index in [-0.39, 0.29) is 11.7 Å². The summed E-state index contributed by atoms with van der Waals surface area (Å²) in [7, 11) is 4.15. The maximum absolute atomic E-state index is 6.54. The minimum atomic E-state index is -0.0292. The minimum absolute atomic E-state index is 0.0292. The van der Waals surface area contributed by atoms with Crippen LogP contribution in [0.2, 0.25) is 0 Å². The molecule has 1 aliphatic heterocycles. The van der Waals surface area contributed by atoms with E-state index >= 15 is 0 Å². The predicted octanol–water partition coefficient (Wildman–Crippen LogP) is 4.58. The van der Waals surface area contributed by atoms with E-state index in [1.165, 1.54) is 29.7 Å². The van der Waals surface area contributed by atoms with Crippen molar-refractivity contribution >= 4 is 5.69 Å². The van der Waals surface area contributed by atoms with Crippen molar-refractivity contribution < 1.29 is 4.74 Å². The van der Waals surface area contributed by atoms with Gasteiger partial charge in [0.05, 0.1) is 11.7 Å². The highest BCUT2D eigenvalue weighted by Gasteiger charge is 2.45. The van der Waals surface area contributed by atoms with Crippen LogP contribution in [0.15, 0.2) is 35.9 Å². The number of benzene rings is 1. The van der Waals surface area contributed by atoms with Gasteiger partial charge in [0.1, 0.15) is 0 Å². The highest BCUT2D eigenvalue weighted by atomic mass is 16.5. The summed E-state index contributed by atoms with van der Waals surface area (Å²) in [5, 5.41) is 0. The molecule has 0 amide bonds. The van der Waals surface area contributed by atoms with E-state index in [9.17, 15) is 0 Å². The fourth-order valence-corrected chi connectivity index (χ4v) is 3.77. The smallest absolute Gasteiger partial charge is 0.0897 e. The zero-order valence-corrected chi connectivity index (χ0v) is 13.9. The Bertz CT molecular complexity index is 541. The fraction of sp³-hybridized carbons (Fsp3) is 0.579. The molecule has 0 unspecified atom stereocenters. The van der Waals surface area contributed by atoms with Gasteiger partial charge in [-0.15, -0.1) is 0 Å². The van der Waals surface area contributed by atoms with E-state index in [4.69, 9.17) is 4.74 Å². The van der Waals surface area contributed by atoms with Gasteiger partial charge in [0.15, 0.2) is 0 Å². The van der Waals surface area contributed by atoms with Crippen LogP contribution in [0.4, 0.5) is 5.69 Å². The maximum atomic E-state index is 6.54. The normalized spacial score (nSPS) is 30.7. The standard InChI is InChI=1S/C19H27NO/c1-13-6-9-15-12-17(13)18(21-19(15,2)3)14-7-10-16(11-8-14)20(4)5/h6-8,10-11,15,17-18H,9,12H2,1-5H3/t15-,17+,18+/m0/s1. The lowest BCUT2D eigenvalue weighted by molar-refractivity contribution is -0.166. The molecule has 1 aliphatic carbocycles. The summed E-state index contributed by atoms with van der Waals surface area (Å²) in [6.45, 7) is 6.77. The Labute approximate surface area is 128 Å². The summed E-state index contributed by atoms with van der Waals surface area (Å²) >= 11 is 0. The molecule has 1 aromatic rings. The topological polar surface area (TPSA) is 12.5 Å². The third-order valence-corrected chi connectivity index (χ3v) is 5.37. The van der Waals surface area contributed by atoms with Gasteiger partial charge >= 0.3 is 0 Å². The molecule has 2 heteroatoms. The molecule has 0 aromatic heterocycles. The highest BCUT2D eigenvalue weighted by Crippen LogP contribution is 2.50. The van der Waals surface area contributed by atoms with E-state index in [0.717, 1.165) is 0 Å². The molecule has 2 aliphatic rings. The summed E-state index contributed by atoms with van der Waals surface area (Å²) in [6, 6.07) is 8.86. The first-order valence-electron chi connectivity index (χ1n) is 8.00. The van der Waals surface area contributed by atoms with Crippen molar-refractivity contribution in [2.45, 2.75) is 45.3 Å². The third kappa shape index (κ3) is 2.62. The van der Waals surface area contributed by atoms with Crippen LogP contribution in [-0.4, -0.2) is 19.7 Å². The first kappa shape index (κ1) is 14.6. The highest BCUT2D eigenvalue weighted by molar-refractivity contribution is 5.46. The first-order valence-corrected chi connectivity index (χ1v) is 8.00. The van der Waals surface area contributed by atoms with E-state index < -0.39 is 0 Å². The number of allylic oxidation sites excluding steroid dienone is 1. The second-order valence-electron chi connectivity index (χ2n) is 7.35. The second-order valence-corrected chi connectivity index (χ2v) is 7.35. The molecule has 0 spiro atoms. The number of hydrogen-bond donors (Lipinski definition) is 0. The molecule has 0 saturated carbocycles. The number of hydrogen-bond acceptors (Lipinski definition) is 2. The average Bonchev–Trinajstić information content (AvgIpc) is 2.45. The van der Waals surface area contributed by atoms with Crippen LogP contribution in [0.5, 0.6) is 0 Å². The summed E-state index contributed by atoms with van der Waals surface area (Å²) < 4.78 is 6.54. The molecule has 2 bridgehead atoms. The molecule has 0 N–H and O–H groups in total. The Hall–Kier alpha value is -1.28. The van der Waals surface area contributed by atoms with Gasteiger partial charge in [0.25, 0.3) is 0 Å². The van der Waals surface area contributed by atoms with Gasteiger partial charge in [-0.05, 0) is 57.2 Å². The molecule has 3 rings (SSSR count). The van der Waals surface area contributed by atoms with Crippen molar-refractivity contribution in [1.82, 2.24) is 0 Å². The summed E-state index contributed by atoms with van der Waals surface area (Å²) in [5.41, 5.74) is 4.02. The van der Waals surface area contributed by atoms with E-state index in [1.807, 2.05) is 0 Å². The quantitative estimate of drug-likeness (QED) is 0.738. The number of fused-ring (bicyclic) bond motifs is 2. The van der Waals surface area contributed by atoms with Crippen molar-refractivity contribution in [3.8, 4) is 0 Å². The molecule has 114 valence electrons. The van der Waals surface area contributed by atoms with Gasteiger partial charge in [0, 0.05) is 25.7 Å². The molecule has 1 heterocycles. The molecular formula is C19H27NO. The zero-order chi connectivity index (χ0) is 15.2. The second kappa shape index (κ2) is 5.17. The Morgan fingerprint density at radius 2 is 1.81 bits per heavy atom. The Morgan fingerprint density at radius 1 is 1.14 bits per heavy atom. The van der Waals surface area contributed by atoms with E-state index in [1.54, 1.807) is 0 Å². The van der Waals surface area contributed by atoms with Crippen LogP contribution in [-0.2, 0) is 4.74 Å². The summed E-state index contributed by atoms with van der Waals surface area (Å²) in [6.07, 6.45) is 5.06. The maximum Gasteiger partial charge on any atom is 0.0897 e. The van der Waals surface area contributed by atoms with Crippen LogP contribution in [0, 0.1) is 11.8 Å². The number of nitrogens with zero attached hydrogens (tertiary/aromatic N) is 1. The number of anilines is 1. The fourth-order valence-electron chi connectivity index (χ4n) is 3.77. The van der Waals surface area contributed by atoms with Gasteiger partial charge in [-0.25, -0.2) is 0 Å². The number of ether oxygens (including phenoxy) is 1. The van der Waals surface area contributed by atoms with Crippen LogP contribution in [0.3, 0.4) is 0 Å². The first-order chi connectivity index (χ1) is 9.88. The van der Waals surface area contributed by atoms with Crippen molar-refractivity contribution in [1.29, 1.82) is 0 Å².